The second-order valence-electron chi connectivity index (χ2n) is 6.51. The van der Waals surface area contributed by atoms with Gasteiger partial charge in [0.05, 0.1) is 20.5 Å². The predicted octanol–water partition coefficient (Wildman–Crippen LogP) is 4.11. The lowest BCUT2D eigenvalue weighted by Gasteiger charge is -2.14. The molecule has 1 heterocycles. The van der Waals surface area contributed by atoms with Gasteiger partial charge in [0.25, 0.3) is 0 Å². The van der Waals surface area contributed by atoms with Crippen molar-refractivity contribution in [1.29, 1.82) is 0 Å². The quantitative estimate of drug-likeness (QED) is 0.316. The van der Waals surface area contributed by atoms with E-state index in [9.17, 15) is 9.90 Å². The molecule has 0 fully saturated rings. The average Bonchev–Trinajstić information content (AvgIpc) is 2.80. The fourth-order valence-electron chi connectivity index (χ4n) is 2.89. The fourth-order valence-corrected chi connectivity index (χ4v) is 2.89. The lowest BCUT2D eigenvalue weighted by atomic mass is 10.0. The highest BCUT2D eigenvalue weighted by atomic mass is 16.5. The number of methoxy groups -OCH3 is 2. The molecule has 0 saturated carbocycles. The van der Waals surface area contributed by atoms with Crippen molar-refractivity contribution in [3.05, 3.63) is 89.9 Å². The van der Waals surface area contributed by atoms with Gasteiger partial charge in [-0.1, -0.05) is 24.3 Å². The molecule has 0 spiro atoms. The molecule has 7 nitrogen and oxygen atoms in total. The lowest BCUT2D eigenvalue weighted by molar-refractivity contribution is -0.133. The molecule has 1 aromatic heterocycles. The van der Waals surface area contributed by atoms with Crippen molar-refractivity contribution in [2.24, 2.45) is 0 Å². The number of aromatic nitrogens is 1. The van der Waals surface area contributed by atoms with E-state index in [1.807, 2.05) is 30.3 Å². The Morgan fingerprint density at radius 3 is 2.32 bits per heavy atom. The van der Waals surface area contributed by atoms with Crippen LogP contribution in [-0.2, 0) is 27.5 Å². The standard InChI is InChI=1S/C24H23NO6/c1-28-16-23(24(27)29-2)22-6-4-3-5-18(22)15-31-21-12-19(26)11-20(13-21)30-14-17-7-9-25-10-8-17/h3-13,16,26H,14-15H2,1-2H3/b23-16-. The molecule has 1 N–H and O–H groups in total. The van der Waals surface area contributed by atoms with E-state index in [0.29, 0.717) is 23.7 Å². The summed E-state index contributed by atoms with van der Waals surface area (Å²) >= 11 is 0. The van der Waals surface area contributed by atoms with Gasteiger partial charge < -0.3 is 24.1 Å². The third-order valence-electron chi connectivity index (χ3n) is 4.36. The topological polar surface area (TPSA) is 87.1 Å². The van der Waals surface area contributed by atoms with Crippen LogP contribution >= 0.6 is 0 Å². The fraction of sp³-hybridized carbons (Fsp3) is 0.167. The highest BCUT2D eigenvalue weighted by Crippen LogP contribution is 2.29. The number of carbonyl (C=O) groups is 1. The van der Waals surface area contributed by atoms with Crippen LogP contribution in [0.2, 0.25) is 0 Å². The molecule has 0 aliphatic heterocycles. The highest BCUT2D eigenvalue weighted by Gasteiger charge is 2.17. The van der Waals surface area contributed by atoms with E-state index < -0.39 is 5.97 Å². The van der Waals surface area contributed by atoms with Gasteiger partial charge in [0, 0.05) is 30.6 Å². The molecule has 0 unspecified atom stereocenters. The van der Waals surface area contributed by atoms with Crippen molar-refractivity contribution in [3.63, 3.8) is 0 Å². The predicted molar refractivity (Wildman–Crippen MR) is 114 cm³/mol. The van der Waals surface area contributed by atoms with E-state index in [4.69, 9.17) is 18.9 Å². The SMILES string of the molecule is CO/C=C(\C(=O)OC)c1ccccc1COc1cc(O)cc(OCc2ccncc2)c1. The van der Waals surface area contributed by atoms with Crippen LogP contribution in [0.4, 0.5) is 0 Å². The first-order valence-corrected chi connectivity index (χ1v) is 9.49. The number of hydrogen-bond donors (Lipinski definition) is 1. The molecule has 0 aliphatic rings. The van der Waals surface area contributed by atoms with Gasteiger partial charge in [-0.3, -0.25) is 4.98 Å². The maximum absolute atomic E-state index is 12.1. The van der Waals surface area contributed by atoms with Crippen LogP contribution in [0.5, 0.6) is 17.2 Å². The van der Waals surface area contributed by atoms with Gasteiger partial charge in [0.1, 0.15) is 36.0 Å². The van der Waals surface area contributed by atoms with Gasteiger partial charge in [-0.05, 0) is 28.8 Å². The summed E-state index contributed by atoms with van der Waals surface area (Å²) in [5.74, 6) is 0.396. The Labute approximate surface area is 180 Å². The van der Waals surface area contributed by atoms with E-state index in [0.717, 1.165) is 11.1 Å². The van der Waals surface area contributed by atoms with Crippen molar-refractivity contribution < 1.29 is 28.8 Å². The molecule has 31 heavy (non-hydrogen) atoms. The molecular weight excluding hydrogens is 398 g/mol. The number of benzene rings is 2. The normalized spacial score (nSPS) is 11.0. The molecule has 0 amide bonds. The number of phenolic OH excluding ortho intramolecular Hbond substituents is 1. The van der Waals surface area contributed by atoms with Crippen LogP contribution in [0.1, 0.15) is 16.7 Å². The third kappa shape index (κ3) is 5.99. The van der Waals surface area contributed by atoms with E-state index in [1.165, 1.54) is 32.6 Å². The molecule has 2 aromatic carbocycles. The number of carbonyl (C=O) groups excluding carboxylic acids is 1. The summed E-state index contributed by atoms with van der Waals surface area (Å²) in [4.78, 5) is 16.1. The van der Waals surface area contributed by atoms with E-state index in [2.05, 4.69) is 4.98 Å². The second kappa shape index (κ2) is 10.7. The minimum atomic E-state index is -0.515. The first kappa shape index (κ1) is 21.7. The summed E-state index contributed by atoms with van der Waals surface area (Å²) in [5.41, 5.74) is 2.61. The molecule has 160 valence electrons. The molecular formula is C24H23NO6. The van der Waals surface area contributed by atoms with E-state index in [-0.39, 0.29) is 17.9 Å². The summed E-state index contributed by atoms with van der Waals surface area (Å²) in [6.45, 7) is 0.486. The monoisotopic (exact) mass is 421 g/mol. The van der Waals surface area contributed by atoms with Gasteiger partial charge >= 0.3 is 5.97 Å². The maximum atomic E-state index is 12.1. The Hall–Kier alpha value is -4.00. The second-order valence-corrected chi connectivity index (χ2v) is 6.51. The Bertz CT molecular complexity index is 1050. The third-order valence-corrected chi connectivity index (χ3v) is 4.36. The van der Waals surface area contributed by atoms with Crippen molar-refractivity contribution in [1.82, 2.24) is 4.98 Å². The molecule has 7 heteroatoms. The molecule has 3 aromatic rings. The molecule has 0 atom stereocenters. The van der Waals surface area contributed by atoms with Gasteiger partial charge in [0.2, 0.25) is 0 Å². The van der Waals surface area contributed by atoms with Crippen molar-refractivity contribution in [2.75, 3.05) is 14.2 Å². The number of pyridine rings is 1. The Kier molecular flexibility index (Phi) is 7.48. The molecule has 0 saturated heterocycles. The first-order valence-electron chi connectivity index (χ1n) is 9.49. The number of hydrogen-bond acceptors (Lipinski definition) is 7. The first-order chi connectivity index (χ1) is 15.1. The molecule has 0 bridgehead atoms. The summed E-state index contributed by atoms with van der Waals surface area (Å²) in [5, 5.41) is 10.0. The maximum Gasteiger partial charge on any atom is 0.341 e. The Balaban J connectivity index is 1.75. The van der Waals surface area contributed by atoms with E-state index >= 15 is 0 Å². The minimum absolute atomic E-state index is 0.0186. The van der Waals surface area contributed by atoms with E-state index in [1.54, 1.807) is 24.5 Å². The number of rotatable bonds is 9. The van der Waals surface area contributed by atoms with Crippen molar-refractivity contribution in [3.8, 4) is 17.2 Å². The number of ether oxygens (including phenoxy) is 4. The molecule has 0 aliphatic carbocycles. The van der Waals surface area contributed by atoms with Crippen LogP contribution in [0.3, 0.4) is 0 Å². The van der Waals surface area contributed by atoms with Gasteiger partial charge in [-0.15, -0.1) is 0 Å². The van der Waals surface area contributed by atoms with Gasteiger partial charge in [-0.2, -0.15) is 0 Å². The van der Waals surface area contributed by atoms with Gasteiger partial charge in [0.15, 0.2) is 0 Å². The highest BCUT2D eigenvalue weighted by molar-refractivity contribution is 6.16. The largest absolute Gasteiger partial charge is 0.508 e. The zero-order chi connectivity index (χ0) is 22.1. The number of esters is 1. The Morgan fingerprint density at radius 1 is 0.968 bits per heavy atom. The zero-order valence-corrected chi connectivity index (χ0v) is 17.3. The Morgan fingerprint density at radius 2 is 1.65 bits per heavy atom. The molecule has 3 rings (SSSR count). The summed E-state index contributed by atoms with van der Waals surface area (Å²) in [6, 6.07) is 15.7. The summed E-state index contributed by atoms with van der Waals surface area (Å²) in [6.07, 6.45) is 4.71. The van der Waals surface area contributed by atoms with Crippen LogP contribution in [0.15, 0.2) is 73.3 Å². The van der Waals surface area contributed by atoms with Crippen LogP contribution in [0, 0.1) is 0 Å². The lowest BCUT2D eigenvalue weighted by Crippen LogP contribution is -2.08. The smallest absolute Gasteiger partial charge is 0.341 e. The number of aromatic hydroxyl groups is 1. The summed E-state index contributed by atoms with van der Waals surface area (Å²) in [7, 11) is 2.77. The molecule has 0 radical (unpaired) electrons. The van der Waals surface area contributed by atoms with Crippen molar-refractivity contribution in [2.45, 2.75) is 13.2 Å². The zero-order valence-electron chi connectivity index (χ0n) is 17.3. The van der Waals surface area contributed by atoms with Crippen LogP contribution in [0.25, 0.3) is 5.57 Å². The summed E-state index contributed by atoms with van der Waals surface area (Å²) < 4.78 is 21.5. The number of phenols is 1. The van der Waals surface area contributed by atoms with Gasteiger partial charge in [-0.25, -0.2) is 4.79 Å². The van der Waals surface area contributed by atoms with Crippen LogP contribution in [-0.4, -0.2) is 30.3 Å². The van der Waals surface area contributed by atoms with Crippen molar-refractivity contribution >= 4 is 11.5 Å². The number of nitrogens with zero attached hydrogens (tertiary/aromatic N) is 1. The van der Waals surface area contributed by atoms with Crippen LogP contribution < -0.4 is 9.47 Å². The minimum Gasteiger partial charge on any atom is -0.508 e. The average molecular weight is 421 g/mol.